The van der Waals surface area contributed by atoms with E-state index in [1.807, 2.05) is 7.05 Å². The zero-order valence-corrected chi connectivity index (χ0v) is 10.6. The molecule has 0 fully saturated rings. The number of hydrogen-bond acceptors (Lipinski definition) is 5. The number of aromatic nitrogens is 4. The number of carbonyl (C=O) groups is 1. The molecule has 0 saturated carbocycles. The van der Waals surface area contributed by atoms with Crippen LogP contribution in [0.25, 0.3) is 0 Å². The van der Waals surface area contributed by atoms with E-state index < -0.39 is 0 Å². The summed E-state index contributed by atoms with van der Waals surface area (Å²) in [6.07, 6.45) is 4.36. The third-order valence-corrected chi connectivity index (χ3v) is 2.49. The first kappa shape index (κ1) is 13.0. The van der Waals surface area contributed by atoms with Crippen molar-refractivity contribution in [2.75, 3.05) is 6.54 Å². The Morgan fingerprint density at radius 1 is 1.42 bits per heavy atom. The van der Waals surface area contributed by atoms with Gasteiger partial charge in [-0.25, -0.2) is 9.97 Å². The number of amides is 1. The van der Waals surface area contributed by atoms with Crippen LogP contribution in [0.1, 0.15) is 22.7 Å². The molecule has 0 saturated heterocycles. The molecule has 0 bridgehead atoms. The molecule has 7 nitrogen and oxygen atoms in total. The molecule has 2 aromatic heterocycles. The van der Waals surface area contributed by atoms with E-state index in [1.165, 1.54) is 18.3 Å². The van der Waals surface area contributed by atoms with Gasteiger partial charge in [0.2, 0.25) is 0 Å². The van der Waals surface area contributed by atoms with Gasteiger partial charge in [-0.2, -0.15) is 5.10 Å². The van der Waals surface area contributed by atoms with Crippen molar-refractivity contribution >= 4 is 5.91 Å². The molecule has 1 amide bonds. The van der Waals surface area contributed by atoms with Crippen molar-refractivity contribution < 1.29 is 9.90 Å². The van der Waals surface area contributed by atoms with E-state index in [9.17, 15) is 4.79 Å². The van der Waals surface area contributed by atoms with E-state index in [0.29, 0.717) is 13.0 Å². The maximum absolute atomic E-state index is 11.7. The van der Waals surface area contributed by atoms with E-state index in [1.54, 1.807) is 11.0 Å². The van der Waals surface area contributed by atoms with Crippen LogP contribution in [0.3, 0.4) is 0 Å². The zero-order chi connectivity index (χ0) is 13.7. The van der Waals surface area contributed by atoms with Crippen molar-refractivity contribution in [3.63, 3.8) is 0 Å². The molecule has 19 heavy (non-hydrogen) atoms. The zero-order valence-electron chi connectivity index (χ0n) is 10.6. The number of aromatic hydroxyl groups is 1. The Morgan fingerprint density at radius 2 is 2.26 bits per heavy atom. The van der Waals surface area contributed by atoms with Crippen LogP contribution in [0, 0.1) is 0 Å². The highest BCUT2D eigenvalue weighted by Crippen LogP contribution is 2.05. The number of rotatable bonds is 5. The summed E-state index contributed by atoms with van der Waals surface area (Å²) in [4.78, 5) is 19.6. The van der Waals surface area contributed by atoms with Crippen molar-refractivity contribution in [1.29, 1.82) is 0 Å². The SMILES string of the molecule is Cn1cnc(CCCNC(=O)c2ccc(O)cn2)n1. The number of nitrogens with one attached hydrogen (secondary N) is 1. The fourth-order valence-electron chi connectivity index (χ4n) is 1.56. The summed E-state index contributed by atoms with van der Waals surface area (Å²) in [5.74, 6) is 0.547. The number of aryl methyl sites for hydroxylation is 2. The van der Waals surface area contributed by atoms with Crippen molar-refractivity contribution in [2.24, 2.45) is 7.05 Å². The van der Waals surface area contributed by atoms with Crippen LogP contribution in [0.5, 0.6) is 5.75 Å². The summed E-state index contributed by atoms with van der Waals surface area (Å²) >= 11 is 0. The minimum absolute atomic E-state index is 0.0396. The number of carbonyl (C=O) groups excluding carboxylic acids is 1. The summed E-state index contributed by atoms with van der Waals surface area (Å²) in [5.41, 5.74) is 0.286. The summed E-state index contributed by atoms with van der Waals surface area (Å²) in [6.45, 7) is 0.527. The normalized spacial score (nSPS) is 10.4. The number of pyridine rings is 1. The second-order valence-electron chi connectivity index (χ2n) is 4.10. The standard InChI is InChI=1S/C12H15N5O2/c1-17-8-15-11(16-17)3-2-6-13-12(19)10-5-4-9(18)7-14-10/h4-5,7-8,18H,2-3,6H2,1H3,(H,13,19). The quantitative estimate of drug-likeness (QED) is 0.754. The molecule has 2 rings (SSSR count). The van der Waals surface area contributed by atoms with Crippen molar-refractivity contribution in [3.8, 4) is 5.75 Å². The molecule has 2 aromatic rings. The Bertz CT molecular complexity index is 550. The van der Waals surface area contributed by atoms with Crippen molar-refractivity contribution in [1.82, 2.24) is 25.1 Å². The predicted octanol–water partition coefficient (Wildman–Crippen LogP) is 0.278. The Morgan fingerprint density at radius 3 is 2.89 bits per heavy atom. The second-order valence-corrected chi connectivity index (χ2v) is 4.10. The first-order valence-electron chi connectivity index (χ1n) is 5.93. The van der Waals surface area contributed by atoms with Gasteiger partial charge in [0.1, 0.15) is 17.8 Å². The lowest BCUT2D eigenvalue weighted by molar-refractivity contribution is 0.0948. The molecule has 0 aliphatic heterocycles. The van der Waals surface area contributed by atoms with Gasteiger partial charge in [0.05, 0.1) is 6.20 Å². The molecular formula is C12H15N5O2. The average molecular weight is 261 g/mol. The highest BCUT2D eigenvalue weighted by molar-refractivity contribution is 5.92. The lowest BCUT2D eigenvalue weighted by Gasteiger charge is -2.03. The highest BCUT2D eigenvalue weighted by atomic mass is 16.3. The maximum Gasteiger partial charge on any atom is 0.269 e. The van der Waals surface area contributed by atoms with Gasteiger partial charge >= 0.3 is 0 Å². The summed E-state index contributed by atoms with van der Waals surface area (Å²) in [6, 6.07) is 2.91. The van der Waals surface area contributed by atoms with Gasteiger partial charge < -0.3 is 10.4 Å². The predicted molar refractivity (Wildman–Crippen MR) is 67.6 cm³/mol. The van der Waals surface area contributed by atoms with E-state index >= 15 is 0 Å². The minimum Gasteiger partial charge on any atom is -0.506 e. The summed E-state index contributed by atoms with van der Waals surface area (Å²) in [5, 5.41) is 16.0. The fourth-order valence-corrected chi connectivity index (χ4v) is 1.56. The molecule has 0 aromatic carbocycles. The topological polar surface area (TPSA) is 92.9 Å². The Balaban J connectivity index is 1.73. The molecule has 0 radical (unpaired) electrons. The van der Waals surface area contributed by atoms with Gasteiger partial charge in [-0.15, -0.1) is 0 Å². The molecule has 2 N–H and O–H groups in total. The molecule has 7 heteroatoms. The average Bonchev–Trinajstić information content (AvgIpc) is 2.81. The number of nitrogens with zero attached hydrogens (tertiary/aromatic N) is 4. The third-order valence-electron chi connectivity index (χ3n) is 2.49. The van der Waals surface area contributed by atoms with Crippen LogP contribution >= 0.6 is 0 Å². The monoisotopic (exact) mass is 261 g/mol. The molecule has 0 unspecified atom stereocenters. The van der Waals surface area contributed by atoms with Crippen LogP contribution in [0.2, 0.25) is 0 Å². The summed E-state index contributed by atoms with van der Waals surface area (Å²) in [7, 11) is 1.81. The Kier molecular flexibility index (Phi) is 4.07. The highest BCUT2D eigenvalue weighted by Gasteiger charge is 2.06. The van der Waals surface area contributed by atoms with E-state index in [4.69, 9.17) is 5.11 Å². The van der Waals surface area contributed by atoms with Crippen LogP contribution in [-0.2, 0) is 13.5 Å². The minimum atomic E-state index is -0.256. The van der Waals surface area contributed by atoms with E-state index in [-0.39, 0.29) is 17.4 Å². The smallest absolute Gasteiger partial charge is 0.269 e. The van der Waals surface area contributed by atoms with Crippen LogP contribution in [0.15, 0.2) is 24.7 Å². The van der Waals surface area contributed by atoms with Crippen LogP contribution in [-0.4, -0.2) is 37.3 Å². The van der Waals surface area contributed by atoms with Crippen LogP contribution in [0.4, 0.5) is 0 Å². The van der Waals surface area contributed by atoms with Gasteiger partial charge in [0.15, 0.2) is 5.82 Å². The van der Waals surface area contributed by atoms with Gasteiger partial charge in [-0.3, -0.25) is 9.48 Å². The van der Waals surface area contributed by atoms with Crippen molar-refractivity contribution in [3.05, 3.63) is 36.2 Å². The lowest BCUT2D eigenvalue weighted by atomic mass is 10.3. The molecule has 100 valence electrons. The Labute approximate surface area is 110 Å². The lowest BCUT2D eigenvalue weighted by Crippen LogP contribution is -2.25. The van der Waals surface area contributed by atoms with Crippen LogP contribution < -0.4 is 5.32 Å². The molecule has 2 heterocycles. The largest absolute Gasteiger partial charge is 0.506 e. The second kappa shape index (κ2) is 5.94. The molecule has 0 aliphatic carbocycles. The Hall–Kier alpha value is -2.44. The van der Waals surface area contributed by atoms with Gasteiger partial charge in [0.25, 0.3) is 5.91 Å². The summed E-state index contributed by atoms with van der Waals surface area (Å²) < 4.78 is 1.65. The molecule has 0 aliphatic rings. The molecular weight excluding hydrogens is 246 g/mol. The first-order chi connectivity index (χ1) is 9.15. The number of hydrogen-bond donors (Lipinski definition) is 2. The van der Waals surface area contributed by atoms with Gasteiger partial charge in [-0.1, -0.05) is 0 Å². The van der Waals surface area contributed by atoms with E-state index in [0.717, 1.165) is 12.2 Å². The fraction of sp³-hybridized carbons (Fsp3) is 0.333. The first-order valence-corrected chi connectivity index (χ1v) is 5.93. The van der Waals surface area contributed by atoms with Crippen molar-refractivity contribution in [2.45, 2.75) is 12.8 Å². The van der Waals surface area contributed by atoms with Gasteiger partial charge in [-0.05, 0) is 18.6 Å². The third kappa shape index (κ3) is 3.77. The van der Waals surface area contributed by atoms with E-state index in [2.05, 4.69) is 20.4 Å². The molecule has 0 atom stereocenters. The maximum atomic E-state index is 11.7. The van der Waals surface area contributed by atoms with Gasteiger partial charge in [0, 0.05) is 20.0 Å². The molecule has 0 spiro atoms.